The van der Waals surface area contributed by atoms with Gasteiger partial charge in [0, 0.05) is 15.5 Å². The highest BCUT2D eigenvalue weighted by Gasteiger charge is 2.14. The topological polar surface area (TPSA) is 46.2 Å². The molecule has 0 aliphatic heterocycles. The van der Waals surface area contributed by atoms with Gasteiger partial charge in [0.15, 0.2) is 0 Å². The average Bonchev–Trinajstić information content (AvgIpc) is 2.43. The molecular weight excluding hydrogens is 406 g/mol. The van der Waals surface area contributed by atoms with E-state index >= 15 is 0 Å². The van der Waals surface area contributed by atoms with Gasteiger partial charge in [-0.1, -0.05) is 44.0 Å². The molecule has 0 spiro atoms. The van der Waals surface area contributed by atoms with Crippen molar-refractivity contribution < 1.29 is 8.42 Å². The Balaban J connectivity index is 2.27. The van der Waals surface area contributed by atoms with Gasteiger partial charge in [0.1, 0.15) is 0 Å². The van der Waals surface area contributed by atoms with Gasteiger partial charge in [0.25, 0.3) is 10.0 Å². The van der Waals surface area contributed by atoms with Crippen LogP contribution in [0, 0.1) is 6.92 Å². The Morgan fingerprint density at radius 1 is 1.10 bits per heavy atom. The van der Waals surface area contributed by atoms with E-state index in [1.165, 1.54) is 0 Å². The molecule has 2 aromatic rings. The van der Waals surface area contributed by atoms with Gasteiger partial charge < -0.3 is 0 Å². The van der Waals surface area contributed by atoms with Crippen LogP contribution < -0.4 is 4.72 Å². The summed E-state index contributed by atoms with van der Waals surface area (Å²) in [4.78, 5) is 0.253. The van der Waals surface area contributed by atoms with Crippen LogP contribution in [0.3, 0.4) is 0 Å². The second-order valence-corrected chi connectivity index (χ2v) is 7.44. The molecule has 1 N–H and O–H groups in total. The van der Waals surface area contributed by atoms with E-state index in [4.69, 9.17) is 0 Å². The quantitative estimate of drug-likeness (QED) is 0.745. The third-order valence-electron chi connectivity index (χ3n) is 2.80. The molecule has 0 bridgehead atoms. The lowest BCUT2D eigenvalue weighted by molar-refractivity contribution is 0.601. The Hall–Kier alpha value is -0.850. The standard InChI is InChI=1S/C14H13Br2NO2S/c1-10-8-12(4-7-14(10)16)17-20(18,19)13-5-2-11(9-15)3-6-13/h2-8,17H,9H2,1H3. The molecule has 0 heterocycles. The monoisotopic (exact) mass is 417 g/mol. The van der Waals surface area contributed by atoms with Crippen LogP contribution in [-0.2, 0) is 15.4 Å². The van der Waals surface area contributed by atoms with Crippen LogP contribution >= 0.6 is 31.9 Å². The van der Waals surface area contributed by atoms with Crippen molar-refractivity contribution in [3.8, 4) is 0 Å². The van der Waals surface area contributed by atoms with Crippen LogP contribution in [0.25, 0.3) is 0 Å². The molecule has 20 heavy (non-hydrogen) atoms. The normalized spacial score (nSPS) is 11.3. The van der Waals surface area contributed by atoms with Crippen molar-refractivity contribution in [1.82, 2.24) is 0 Å². The number of hydrogen-bond donors (Lipinski definition) is 1. The second kappa shape index (κ2) is 6.28. The molecule has 2 aromatic carbocycles. The van der Waals surface area contributed by atoms with E-state index in [1.54, 1.807) is 36.4 Å². The fraction of sp³-hybridized carbons (Fsp3) is 0.143. The Morgan fingerprint density at radius 2 is 1.75 bits per heavy atom. The molecule has 0 aliphatic carbocycles. The van der Waals surface area contributed by atoms with Crippen LogP contribution in [0.4, 0.5) is 5.69 Å². The van der Waals surface area contributed by atoms with Crippen molar-refractivity contribution in [2.75, 3.05) is 4.72 Å². The van der Waals surface area contributed by atoms with Crippen molar-refractivity contribution in [1.29, 1.82) is 0 Å². The molecule has 0 atom stereocenters. The Kier molecular flexibility index (Phi) is 4.88. The highest BCUT2D eigenvalue weighted by molar-refractivity contribution is 9.10. The second-order valence-electron chi connectivity index (χ2n) is 4.35. The highest BCUT2D eigenvalue weighted by Crippen LogP contribution is 2.22. The lowest BCUT2D eigenvalue weighted by Crippen LogP contribution is -2.13. The van der Waals surface area contributed by atoms with E-state index in [0.29, 0.717) is 11.0 Å². The molecule has 0 amide bonds. The predicted molar refractivity (Wildman–Crippen MR) is 88.8 cm³/mol. The summed E-state index contributed by atoms with van der Waals surface area (Å²) >= 11 is 6.72. The van der Waals surface area contributed by atoms with E-state index in [-0.39, 0.29) is 4.90 Å². The third-order valence-corrected chi connectivity index (χ3v) is 5.73. The predicted octanol–water partition coefficient (Wildman–Crippen LogP) is 4.45. The third kappa shape index (κ3) is 3.62. The summed E-state index contributed by atoms with van der Waals surface area (Å²) < 4.78 is 28.1. The summed E-state index contributed by atoms with van der Waals surface area (Å²) in [7, 11) is -3.55. The van der Waals surface area contributed by atoms with Crippen LogP contribution in [0.5, 0.6) is 0 Å². The number of benzene rings is 2. The van der Waals surface area contributed by atoms with Gasteiger partial charge in [0.05, 0.1) is 4.90 Å². The van der Waals surface area contributed by atoms with E-state index in [1.807, 2.05) is 13.0 Å². The van der Waals surface area contributed by atoms with E-state index in [0.717, 1.165) is 15.6 Å². The van der Waals surface area contributed by atoms with Crippen LogP contribution in [0.1, 0.15) is 11.1 Å². The van der Waals surface area contributed by atoms with Crippen molar-refractivity contribution in [3.05, 3.63) is 58.1 Å². The number of nitrogens with one attached hydrogen (secondary N) is 1. The van der Waals surface area contributed by atoms with Crippen LogP contribution in [0.2, 0.25) is 0 Å². The molecule has 0 fully saturated rings. The van der Waals surface area contributed by atoms with E-state index < -0.39 is 10.0 Å². The molecule has 0 unspecified atom stereocenters. The molecular formula is C14H13Br2NO2S. The molecule has 6 heteroatoms. The summed E-state index contributed by atoms with van der Waals surface area (Å²) in [6.45, 7) is 1.91. The number of halogens is 2. The van der Waals surface area contributed by atoms with Gasteiger partial charge in [-0.05, 0) is 48.4 Å². The van der Waals surface area contributed by atoms with Crippen molar-refractivity contribution >= 4 is 47.6 Å². The number of sulfonamides is 1. The molecule has 0 saturated heterocycles. The minimum Gasteiger partial charge on any atom is -0.280 e. The number of hydrogen-bond acceptors (Lipinski definition) is 2. The maximum atomic E-state index is 12.3. The number of anilines is 1. The summed E-state index contributed by atoms with van der Waals surface area (Å²) in [5.74, 6) is 0. The van der Waals surface area contributed by atoms with Gasteiger partial charge in [-0.15, -0.1) is 0 Å². The zero-order valence-corrected chi connectivity index (χ0v) is 14.7. The summed E-state index contributed by atoms with van der Waals surface area (Å²) in [5.41, 5.74) is 2.55. The first-order valence-corrected chi connectivity index (χ1v) is 9.26. The van der Waals surface area contributed by atoms with Gasteiger partial charge in [-0.3, -0.25) is 4.72 Å². The van der Waals surface area contributed by atoms with Gasteiger partial charge >= 0.3 is 0 Å². The first-order chi connectivity index (χ1) is 9.42. The number of rotatable bonds is 4. The summed E-state index contributed by atoms with van der Waals surface area (Å²) in [6, 6.07) is 12.1. The fourth-order valence-corrected chi connectivity index (χ4v) is 3.35. The van der Waals surface area contributed by atoms with Crippen LogP contribution in [0.15, 0.2) is 51.8 Å². The van der Waals surface area contributed by atoms with Crippen LogP contribution in [-0.4, -0.2) is 8.42 Å². The fourth-order valence-electron chi connectivity index (χ4n) is 1.68. The first kappa shape index (κ1) is 15.5. The van der Waals surface area contributed by atoms with Gasteiger partial charge in [0.2, 0.25) is 0 Å². The molecule has 0 aromatic heterocycles. The Morgan fingerprint density at radius 3 is 2.30 bits per heavy atom. The molecule has 2 rings (SSSR count). The highest BCUT2D eigenvalue weighted by atomic mass is 79.9. The smallest absolute Gasteiger partial charge is 0.261 e. The van der Waals surface area contributed by atoms with E-state index in [9.17, 15) is 8.42 Å². The van der Waals surface area contributed by atoms with Gasteiger partial charge in [-0.2, -0.15) is 0 Å². The van der Waals surface area contributed by atoms with Crippen molar-refractivity contribution in [2.45, 2.75) is 17.1 Å². The largest absolute Gasteiger partial charge is 0.280 e. The summed E-state index contributed by atoms with van der Waals surface area (Å²) in [5, 5.41) is 0.701. The Bertz CT molecular complexity index is 712. The number of aryl methyl sites for hydroxylation is 1. The molecule has 0 radical (unpaired) electrons. The Labute approximate surface area is 135 Å². The molecule has 106 valence electrons. The zero-order chi connectivity index (χ0) is 14.8. The first-order valence-electron chi connectivity index (χ1n) is 5.86. The van der Waals surface area contributed by atoms with Crippen molar-refractivity contribution in [3.63, 3.8) is 0 Å². The van der Waals surface area contributed by atoms with Crippen molar-refractivity contribution in [2.24, 2.45) is 0 Å². The lowest BCUT2D eigenvalue weighted by Gasteiger charge is -2.09. The zero-order valence-electron chi connectivity index (χ0n) is 10.7. The average molecular weight is 419 g/mol. The summed E-state index contributed by atoms with van der Waals surface area (Å²) in [6.07, 6.45) is 0. The maximum absolute atomic E-state index is 12.3. The van der Waals surface area contributed by atoms with E-state index in [2.05, 4.69) is 36.6 Å². The minimum absolute atomic E-state index is 0.253. The maximum Gasteiger partial charge on any atom is 0.261 e. The number of alkyl halides is 1. The van der Waals surface area contributed by atoms with Gasteiger partial charge in [-0.25, -0.2) is 8.42 Å². The molecule has 0 saturated carbocycles. The SMILES string of the molecule is Cc1cc(NS(=O)(=O)c2ccc(CBr)cc2)ccc1Br. The lowest BCUT2D eigenvalue weighted by atomic mass is 10.2. The minimum atomic E-state index is -3.55. The molecule has 0 aliphatic rings. The molecule has 3 nitrogen and oxygen atoms in total.